The highest BCUT2D eigenvalue weighted by atomic mass is 32.1. The number of carbonyl (C=O) groups is 2. The van der Waals surface area contributed by atoms with Crippen LogP contribution in [-0.4, -0.2) is 35.8 Å². The summed E-state index contributed by atoms with van der Waals surface area (Å²) in [6.45, 7) is 5.12. The zero-order valence-electron chi connectivity index (χ0n) is 13.3. The summed E-state index contributed by atoms with van der Waals surface area (Å²) in [5.74, 6) is 0.336. The largest absolute Gasteiger partial charge is 0.459 e. The monoisotopic (exact) mass is 332 g/mol. The first kappa shape index (κ1) is 15.8. The van der Waals surface area contributed by atoms with Crippen molar-refractivity contribution in [2.45, 2.75) is 32.7 Å². The van der Waals surface area contributed by atoms with Gasteiger partial charge in [-0.3, -0.25) is 9.59 Å². The van der Waals surface area contributed by atoms with Crippen molar-refractivity contribution in [1.29, 1.82) is 0 Å². The molecule has 0 bridgehead atoms. The Balaban J connectivity index is 1.53. The van der Waals surface area contributed by atoms with Crippen molar-refractivity contribution in [3.8, 4) is 0 Å². The number of rotatable bonds is 3. The molecule has 1 fully saturated rings. The van der Waals surface area contributed by atoms with Crippen molar-refractivity contribution in [2.75, 3.05) is 13.1 Å². The van der Waals surface area contributed by atoms with Crippen LogP contribution in [0, 0.1) is 13.8 Å². The van der Waals surface area contributed by atoms with Gasteiger partial charge in [0.1, 0.15) is 0 Å². The lowest BCUT2D eigenvalue weighted by molar-refractivity contribution is 0.0666. The van der Waals surface area contributed by atoms with Crippen LogP contribution in [0.2, 0.25) is 0 Å². The van der Waals surface area contributed by atoms with Crippen LogP contribution >= 0.6 is 11.3 Å². The topological polar surface area (TPSA) is 62.6 Å². The van der Waals surface area contributed by atoms with Crippen LogP contribution in [0.5, 0.6) is 0 Å². The Kier molecular flexibility index (Phi) is 4.52. The fourth-order valence-corrected chi connectivity index (χ4v) is 3.55. The van der Waals surface area contributed by atoms with Gasteiger partial charge >= 0.3 is 0 Å². The molecule has 1 aliphatic rings. The van der Waals surface area contributed by atoms with E-state index in [0.717, 1.165) is 28.2 Å². The maximum Gasteiger partial charge on any atom is 0.289 e. The van der Waals surface area contributed by atoms with E-state index in [4.69, 9.17) is 4.42 Å². The standard InChI is InChI=1S/C17H20N2O3S/c1-11-7-10-22-15(11)17(21)19-8-5-13(6-9-19)18-16(20)14-4-3-12(2)23-14/h3-4,7,10,13H,5-6,8-9H2,1-2H3,(H,18,20). The Morgan fingerprint density at radius 2 is 1.96 bits per heavy atom. The van der Waals surface area contributed by atoms with Crippen molar-refractivity contribution < 1.29 is 14.0 Å². The lowest BCUT2D eigenvalue weighted by Gasteiger charge is -2.32. The number of nitrogens with one attached hydrogen (secondary N) is 1. The van der Waals surface area contributed by atoms with Gasteiger partial charge in [-0.05, 0) is 44.9 Å². The van der Waals surface area contributed by atoms with Crippen LogP contribution in [0.25, 0.3) is 0 Å². The molecule has 0 atom stereocenters. The van der Waals surface area contributed by atoms with E-state index in [1.54, 1.807) is 17.2 Å². The first-order chi connectivity index (χ1) is 11.0. The fraction of sp³-hybridized carbons (Fsp3) is 0.412. The predicted octanol–water partition coefficient (Wildman–Crippen LogP) is 2.99. The van der Waals surface area contributed by atoms with Gasteiger partial charge in [-0.15, -0.1) is 11.3 Å². The molecule has 1 aliphatic heterocycles. The van der Waals surface area contributed by atoms with Crippen LogP contribution in [0.1, 0.15) is 43.5 Å². The third kappa shape index (κ3) is 3.47. The van der Waals surface area contributed by atoms with Gasteiger partial charge in [-0.1, -0.05) is 0 Å². The summed E-state index contributed by atoms with van der Waals surface area (Å²) >= 11 is 1.50. The van der Waals surface area contributed by atoms with Gasteiger partial charge in [-0.25, -0.2) is 0 Å². The average molecular weight is 332 g/mol. The summed E-state index contributed by atoms with van der Waals surface area (Å²) in [5.41, 5.74) is 0.860. The lowest BCUT2D eigenvalue weighted by atomic mass is 10.0. The van der Waals surface area contributed by atoms with Crippen LogP contribution in [-0.2, 0) is 0 Å². The molecule has 3 rings (SSSR count). The van der Waals surface area contributed by atoms with Gasteiger partial charge in [0.15, 0.2) is 5.76 Å². The molecular formula is C17H20N2O3S. The molecule has 0 unspecified atom stereocenters. The Morgan fingerprint density at radius 3 is 2.52 bits per heavy atom. The maximum absolute atomic E-state index is 12.4. The molecule has 0 saturated carbocycles. The van der Waals surface area contributed by atoms with Crippen molar-refractivity contribution >= 4 is 23.2 Å². The Labute approximate surface area is 139 Å². The molecule has 122 valence electrons. The van der Waals surface area contributed by atoms with Crippen molar-refractivity contribution in [3.05, 3.63) is 45.5 Å². The molecule has 2 amide bonds. The SMILES string of the molecule is Cc1ccc(C(=O)NC2CCN(C(=O)c3occc3C)CC2)s1. The van der Waals surface area contributed by atoms with Crippen LogP contribution in [0.3, 0.4) is 0 Å². The van der Waals surface area contributed by atoms with Gasteiger partial charge < -0.3 is 14.6 Å². The zero-order chi connectivity index (χ0) is 16.4. The van der Waals surface area contributed by atoms with Crippen molar-refractivity contribution in [1.82, 2.24) is 10.2 Å². The number of nitrogens with zero attached hydrogens (tertiary/aromatic N) is 1. The zero-order valence-corrected chi connectivity index (χ0v) is 14.1. The molecule has 5 nitrogen and oxygen atoms in total. The third-order valence-corrected chi connectivity index (χ3v) is 5.14. The second-order valence-corrected chi connectivity index (χ2v) is 7.17. The summed E-state index contributed by atoms with van der Waals surface area (Å²) in [7, 11) is 0. The quantitative estimate of drug-likeness (QED) is 0.940. The molecule has 2 aromatic heterocycles. The molecule has 23 heavy (non-hydrogen) atoms. The maximum atomic E-state index is 12.4. The van der Waals surface area contributed by atoms with E-state index in [-0.39, 0.29) is 17.9 Å². The minimum Gasteiger partial charge on any atom is -0.459 e. The van der Waals surface area contributed by atoms with E-state index < -0.39 is 0 Å². The summed E-state index contributed by atoms with van der Waals surface area (Å²) in [4.78, 5) is 28.2. The molecule has 2 aromatic rings. The van der Waals surface area contributed by atoms with Gasteiger partial charge in [-0.2, -0.15) is 0 Å². The van der Waals surface area contributed by atoms with E-state index in [2.05, 4.69) is 5.32 Å². The normalized spacial score (nSPS) is 15.7. The Bertz CT molecular complexity index is 711. The molecule has 0 aromatic carbocycles. The van der Waals surface area contributed by atoms with Gasteiger partial charge in [0, 0.05) is 29.6 Å². The number of carbonyl (C=O) groups excluding carboxylic acids is 2. The van der Waals surface area contributed by atoms with Gasteiger partial charge in [0.25, 0.3) is 11.8 Å². The number of likely N-dealkylation sites (tertiary alicyclic amines) is 1. The number of amides is 2. The first-order valence-electron chi connectivity index (χ1n) is 7.75. The Hall–Kier alpha value is -2.08. The van der Waals surface area contributed by atoms with E-state index >= 15 is 0 Å². The van der Waals surface area contributed by atoms with E-state index in [1.807, 2.05) is 26.0 Å². The molecule has 3 heterocycles. The predicted molar refractivity (Wildman–Crippen MR) is 88.9 cm³/mol. The molecular weight excluding hydrogens is 312 g/mol. The summed E-state index contributed by atoms with van der Waals surface area (Å²) in [6.07, 6.45) is 3.07. The number of hydrogen-bond donors (Lipinski definition) is 1. The van der Waals surface area contributed by atoms with Crippen molar-refractivity contribution in [2.24, 2.45) is 0 Å². The van der Waals surface area contributed by atoms with Gasteiger partial charge in [0.2, 0.25) is 0 Å². The smallest absolute Gasteiger partial charge is 0.289 e. The third-order valence-electron chi connectivity index (χ3n) is 4.14. The molecule has 6 heteroatoms. The van der Waals surface area contributed by atoms with E-state index in [9.17, 15) is 9.59 Å². The molecule has 0 aliphatic carbocycles. The number of thiophene rings is 1. The number of hydrogen-bond acceptors (Lipinski definition) is 4. The lowest BCUT2D eigenvalue weighted by Crippen LogP contribution is -2.46. The number of piperidine rings is 1. The summed E-state index contributed by atoms with van der Waals surface area (Å²) in [6, 6.07) is 5.72. The van der Waals surface area contributed by atoms with Crippen molar-refractivity contribution in [3.63, 3.8) is 0 Å². The number of furan rings is 1. The van der Waals surface area contributed by atoms with E-state index in [1.165, 1.54) is 11.3 Å². The fourth-order valence-electron chi connectivity index (χ4n) is 2.78. The first-order valence-corrected chi connectivity index (χ1v) is 8.57. The minimum absolute atomic E-state index is 0.0187. The average Bonchev–Trinajstić information content (AvgIpc) is 3.16. The molecule has 1 saturated heterocycles. The number of aryl methyl sites for hydroxylation is 2. The molecule has 0 radical (unpaired) electrons. The highest BCUT2D eigenvalue weighted by Crippen LogP contribution is 2.19. The van der Waals surface area contributed by atoms with Crippen LogP contribution in [0.4, 0.5) is 0 Å². The highest BCUT2D eigenvalue weighted by Gasteiger charge is 2.27. The molecule has 1 N–H and O–H groups in total. The second kappa shape index (κ2) is 6.58. The molecule has 0 spiro atoms. The second-order valence-electron chi connectivity index (χ2n) is 5.88. The summed E-state index contributed by atoms with van der Waals surface area (Å²) in [5, 5.41) is 3.06. The van der Waals surface area contributed by atoms with E-state index in [0.29, 0.717) is 18.8 Å². The van der Waals surface area contributed by atoms with Gasteiger partial charge in [0.05, 0.1) is 11.1 Å². The van der Waals surface area contributed by atoms with Crippen LogP contribution in [0.15, 0.2) is 28.9 Å². The Morgan fingerprint density at radius 1 is 1.22 bits per heavy atom. The highest BCUT2D eigenvalue weighted by molar-refractivity contribution is 7.13. The minimum atomic E-state index is -0.0637. The summed E-state index contributed by atoms with van der Waals surface area (Å²) < 4.78 is 5.27. The van der Waals surface area contributed by atoms with Crippen LogP contribution < -0.4 is 5.32 Å².